The third-order valence-corrected chi connectivity index (χ3v) is 11.5. The van der Waals surface area contributed by atoms with Crippen LogP contribution in [-0.4, -0.2) is 93.2 Å². The lowest BCUT2D eigenvalue weighted by atomic mass is 10.0. The summed E-state index contributed by atoms with van der Waals surface area (Å²) in [4.78, 5) is 28.8. The number of halogens is 3. The molecule has 3 aromatic heterocycles. The van der Waals surface area contributed by atoms with E-state index in [1.54, 1.807) is 6.07 Å². The van der Waals surface area contributed by atoms with E-state index < -0.39 is 12.6 Å². The minimum atomic E-state index is -4.26. The molecule has 2 aliphatic heterocycles. The predicted octanol–water partition coefficient (Wildman–Crippen LogP) is 6.34. The molecule has 0 atom stereocenters. The van der Waals surface area contributed by atoms with Gasteiger partial charge in [-0.25, -0.2) is 9.97 Å². The van der Waals surface area contributed by atoms with Crippen molar-refractivity contribution in [2.45, 2.75) is 77.2 Å². The van der Waals surface area contributed by atoms with Crippen LogP contribution in [0.15, 0.2) is 30.6 Å². The average molecular weight is 693 g/mol. The van der Waals surface area contributed by atoms with Crippen LogP contribution in [0, 0.1) is 24.2 Å². The number of thiophene rings is 1. The van der Waals surface area contributed by atoms with Crippen molar-refractivity contribution in [3.8, 4) is 6.07 Å². The lowest BCUT2D eigenvalue weighted by molar-refractivity contribution is -0.133. The molecule has 1 N–H and O–H groups in total. The molecule has 7 rings (SSSR count). The molecule has 0 spiro atoms. The van der Waals surface area contributed by atoms with Crippen LogP contribution >= 0.6 is 11.3 Å². The Hall–Kier alpha value is -3.73. The van der Waals surface area contributed by atoms with Gasteiger partial charge in [0, 0.05) is 87.1 Å². The number of hydrogen-bond donors (Lipinski definition) is 1. The molecule has 3 fully saturated rings. The van der Waals surface area contributed by atoms with E-state index in [4.69, 9.17) is 0 Å². The number of piperazine rings is 1. The van der Waals surface area contributed by atoms with E-state index in [1.165, 1.54) is 30.3 Å². The number of hydrogen-bond acceptors (Lipinski definition) is 8. The first kappa shape index (κ1) is 33.8. The number of amides is 1. The highest BCUT2D eigenvalue weighted by molar-refractivity contribution is 7.18. The smallest absolute Gasteiger partial charge is 0.367 e. The second-order valence-corrected chi connectivity index (χ2v) is 15.0. The van der Waals surface area contributed by atoms with E-state index in [1.807, 2.05) is 11.0 Å². The van der Waals surface area contributed by atoms with Gasteiger partial charge in [-0.3, -0.25) is 14.6 Å². The van der Waals surface area contributed by atoms with Gasteiger partial charge >= 0.3 is 6.18 Å². The summed E-state index contributed by atoms with van der Waals surface area (Å²) in [5.74, 6) is 1.68. The van der Waals surface area contributed by atoms with Crippen LogP contribution in [0.2, 0.25) is 0 Å². The van der Waals surface area contributed by atoms with Gasteiger partial charge in [0.15, 0.2) is 0 Å². The molecule has 0 radical (unpaired) electrons. The van der Waals surface area contributed by atoms with E-state index >= 15 is 0 Å². The molecular formula is C36H43F3N8OS. The maximum absolute atomic E-state index is 13.0. The van der Waals surface area contributed by atoms with Crippen LogP contribution in [0.4, 0.5) is 19.0 Å². The maximum atomic E-state index is 13.0. The molecule has 1 aromatic carbocycles. The van der Waals surface area contributed by atoms with Crippen LogP contribution < -0.4 is 5.32 Å². The van der Waals surface area contributed by atoms with Crippen molar-refractivity contribution in [3.05, 3.63) is 52.3 Å². The molecule has 9 nitrogen and oxygen atoms in total. The first-order chi connectivity index (χ1) is 23.6. The monoisotopic (exact) mass is 692 g/mol. The number of aryl methyl sites for hydroxylation is 1. The standard InChI is InChI=1S/C36H43F3N8OS/c1-24-26(22-45-10-8-27(9-11-45)43-34-31-19-29(20-36(37,38)39)49-35(31)42-23-41-34)5-6-32-30(24)18-28(21-40)47(32)17-14-44-12-15-46(16-13-44)33(48)7-4-25-2-3-25/h5-6,18-19,23,25,27H,2-4,7-17,20,22H2,1H3,(H,41,42,43). The van der Waals surface area contributed by atoms with Crippen molar-refractivity contribution in [3.63, 3.8) is 0 Å². The Morgan fingerprint density at radius 3 is 2.49 bits per heavy atom. The van der Waals surface area contributed by atoms with E-state index in [0.717, 1.165) is 106 Å². The highest BCUT2D eigenvalue weighted by Gasteiger charge is 2.30. The minimum Gasteiger partial charge on any atom is -0.367 e. The molecule has 49 heavy (non-hydrogen) atoms. The topological polar surface area (TPSA) is 93.3 Å². The summed E-state index contributed by atoms with van der Waals surface area (Å²) in [6.07, 6.45) is 2.29. The molecule has 0 bridgehead atoms. The minimum absolute atomic E-state index is 0.173. The second kappa shape index (κ2) is 14.2. The Balaban J connectivity index is 0.930. The Kier molecular flexibility index (Phi) is 9.81. The van der Waals surface area contributed by atoms with Crippen molar-refractivity contribution in [1.82, 2.24) is 29.2 Å². The molecular weight excluding hydrogens is 650 g/mol. The number of nitrogens with one attached hydrogen (secondary N) is 1. The summed E-state index contributed by atoms with van der Waals surface area (Å²) >= 11 is 1.07. The molecule has 13 heteroatoms. The summed E-state index contributed by atoms with van der Waals surface area (Å²) in [5, 5.41) is 15.3. The average Bonchev–Trinajstić information content (AvgIpc) is 3.71. The Morgan fingerprint density at radius 2 is 1.78 bits per heavy atom. The number of fused-ring (bicyclic) bond motifs is 2. The summed E-state index contributed by atoms with van der Waals surface area (Å²) in [6, 6.07) is 10.5. The molecule has 2 saturated heterocycles. The third kappa shape index (κ3) is 8.03. The van der Waals surface area contributed by atoms with Crippen LogP contribution in [0.25, 0.3) is 21.1 Å². The second-order valence-electron chi connectivity index (χ2n) is 13.9. The largest absolute Gasteiger partial charge is 0.393 e. The molecule has 260 valence electrons. The highest BCUT2D eigenvalue weighted by Crippen LogP contribution is 2.35. The van der Waals surface area contributed by atoms with E-state index in [-0.39, 0.29) is 10.9 Å². The van der Waals surface area contributed by atoms with Gasteiger partial charge in [-0.2, -0.15) is 18.4 Å². The number of nitriles is 1. The van der Waals surface area contributed by atoms with Crippen LogP contribution in [0.1, 0.15) is 60.2 Å². The lowest BCUT2D eigenvalue weighted by Gasteiger charge is -2.35. The zero-order valence-corrected chi connectivity index (χ0v) is 28.8. The number of rotatable bonds is 11. The van der Waals surface area contributed by atoms with Crippen molar-refractivity contribution in [2.75, 3.05) is 51.1 Å². The first-order valence-corrected chi connectivity index (χ1v) is 18.3. The molecule has 3 aliphatic rings. The van der Waals surface area contributed by atoms with Crippen molar-refractivity contribution < 1.29 is 18.0 Å². The predicted molar refractivity (Wildman–Crippen MR) is 185 cm³/mol. The number of benzene rings is 1. The van der Waals surface area contributed by atoms with E-state index in [2.05, 4.69) is 54.8 Å². The van der Waals surface area contributed by atoms with Gasteiger partial charge in [0.25, 0.3) is 0 Å². The van der Waals surface area contributed by atoms with Crippen molar-refractivity contribution in [1.29, 1.82) is 5.26 Å². The normalized spacial score (nSPS) is 18.4. The van der Waals surface area contributed by atoms with E-state index in [9.17, 15) is 23.2 Å². The van der Waals surface area contributed by atoms with Gasteiger partial charge < -0.3 is 14.8 Å². The maximum Gasteiger partial charge on any atom is 0.393 e. The van der Waals surface area contributed by atoms with Gasteiger partial charge in [-0.15, -0.1) is 11.3 Å². The molecule has 5 heterocycles. The molecule has 1 amide bonds. The van der Waals surface area contributed by atoms with Crippen LogP contribution in [-0.2, 0) is 24.3 Å². The fraction of sp³-hybridized carbons (Fsp3) is 0.556. The van der Waals surface area contributed by atoms with Gasteiger partial charge in [-0.05, 0) is 61.4 Å². The number of alkyl halides is 3. The zero-order valence-electron chi connectivity index (χ0n) is 27.9. The van der Waals surface area contributed by atoms with Gasteiger partial charge in [0.05, 0.1) is 11.8 Å². The summed E-state index contributed by atoms with van der Waals surface area (Å²) in [6.45, 7) is 9.59. The number of carbonyl (C=O) groups excluding carboxylic acids is 1. The Bertz CT molecular complexity index is 1840. The number of nitrogens with zero attached hydrogens (tertiary/aromatic N) is 7. The number of piperidine rings is 1. The first-order valence-electron chi connectivity index (χ1n) is 17.4. The van der Waals surface area contributed by atoms with Crippen LogP contribution in [0.3, 0.4) is 0 Å². The number of carbonyl (C=O) groups is 1. The zero-order chi connectivity index (χ0) is 34.1. The molecule has 4 aromatic rings. The number of anilines is 1. The van der Waals surface area contributed by atoms with Crippen LogP contribution in [0.5, 0.6) is 0 Å². The SMILES string of the molecule is Cc1c(CN2CCC(Nc3ncnc4sc(CC(F)(F)F)cc34)CC2)ccc2c1cc(C#N)n2CCN1CCN(C(=O)CCC2CC2)CC1. The molecule has 0 unspecified atom stereocenters. The number of aromatic nitrogens is 3. The van der Waals surface area contributed by atoms with Crippen molar-refractivity contribution in [2.24, 2.45) is 5.92 Å². The van der Waals surface area contributed by atoms with Gasteiger partial charge in [0.2, 0.25) is 5.91 Å². The summed E-state index contributed by atoms with van der Waals surface area (Å²) in [7, 11) is 0. The molecule has 1 aliphatic carbocycles. The van der Waals surface area contributed by atoms with Gasteiger partial charge in [-0.1, -0.05) is 18.9 Å². The fourth-order valence-electron chi connectivity index (χ4n) is 7.36. The molecule has 1 saturated carbocycles. The van der Waals surface area contributed by atoms with Gasteiger partial charge in [0.1, 0.15) is 28.7 Å². The third-order valence-electron chi connectivity index (χ3n) is 10.5. The summed E-state index contributed by atoms with van der Waals surface area (Å²) < 4.78 is 41.0. The number of likely N-dealkylation sites (tertiary alicyclic amines) is 1. The Morgan fingerprint density at radius 1 is 1.00 bits per heavy atom. The Labute approximate surface area is 288 Å². The highest BCUT2D eigenvalue weighted by atomic mass is 32.1. The quantitative estimate of drug-likeness (QED) is 0.196. The lowest BCUT2D eigenvalue weighted by Crippen LogP contribution is -2.49. The van der Waals surface area contributed by atoms with E-state index in [0.29, 0.717) is 34.1 Å². The van der Waals surface area contributed by atoms with Crippen molar-refractivity contribution >= 4 is 44.2 Å². The summed E-state index contributed by atoms with van der Waals surface area (Å²) in [5.41, 5.74) is 4.20. The fourth-order valence-corrected chi connectivity index (χ4v) is 8.38.